The summed E-state index contributed by atoms with van der Waals surface area (Å²) < 4.78 is 5.99. The fourth-order valence-corrected chi connectivity index (χ4v) is 2.29. The van der Waals surface area contributed by atoms with Crippen molar-refractivity contribution in [2.45, 2.75) is 33.1 Å². The second-order valence-electron chi connectivity index (χ2n) is 6.10. The molecule has 0 amide bonds. The first-order valence-electron chi connectivity index (χ1n) is 6.80. The fourth-order valence-electron chi connectivity index (χ4n) is 2.12. The van der Waals surface area contributed by atoms with E-state index in [0.717, 1.165) is 16.9 Å². The average Bonchev–Trinajstić information content (AvgIpc) is 2.41. The standard InChI is InChI=1S/C17H20ClNO2/c1-11-5-7-16(14(9-11)19-20)21-15-8-6-12(18)10-13(15)17(2,3)4/h5-10,19-20H,1-4H3. The van der Waals surface area contributed by atoms with Crippen LogP contribution in [0.4, 0.5) is 5.69 Å². The Bertz CT molecular complexity index is 648. The van der Waals surface area contributed by atoms with Crippen LogP contribution in [-0.2, 0) is 5.41 Å². The maximum absolute atomic E-state index is 9.24. The molecule has 0 aromatic heterocycles. The Morgan fingerprint density at radius 2 is 1.71 bits per heavy atom. The summed E-state index contributed by atoms with van der Waals surface area (Å²) in [5.41, 5.74) is 4.65. The molecular formula is C17H20ClNO2. The monoisotopic (exact) mass is 305 g/mol. The van der Waals surface area contributed by atoms with E-state index >= 15 is 0 Å². The quantitative estimate of drug-likeness (QED) is 0.732. The van der Waals surface area contributed by atoms with Gasteiger partial charge in [-0.05, 0) is 48.2 Å². The first kappa shape index (κ1) is 15.7. The summed E-state index contributed by atoms with van der Waals surface area (Å²) in [5, 5.41) is 9.92. The molecule has 112 valence electrons. The van der Waals surface area contributed by atoms with Crippen molar-refractivity contribution in [1.29, 1.82) is 0 Å². The van der Waals surface area contributed by atoms with E-state index in [9.17, 15) is 5.21 Å². The van der Waals surface area contributed by atoms with Crippen molar-refractivity contribution in [1.82, 2.24) is 0 Å². The molecule has 0 fully saturated rings. The number of hydrogen-bond donors (Lipinski definition) is 2. The van der Waals surface area contributed by atoms with Crippen molar-refractivity contribution in [2.75, 3.05) is 5.48 Å². The second-order valence-corrected chi connectivity index (χ2v) is 6.54. The van der Waals surface area contributed by atoms with Crippen LogP contribution in [0.15, 0.2) is 36.4 Å². The molecular weight excluding hydrogens is 286 g/mol. The zero-order valence-electron chi connectivity index (χ0n) is 12.7. The van der Waals surface area contributed by atoms with E-state index in [1.807, 2.05) is 37.3 Å². The van der Waals surface area contributed by atoms with E-state index < -0.39 is 0 Å². The van der Waals surface area contributed by atoms with Crippen molar-refractivity contribution in [3.05, 3.63) is 52.5 Å². The van der Waals surface area contributed by atoms with Crippen LogP contribution >= 0.6 is 11.6 Å². The Morgan fingerprint density at radius 3 is 2.33 bits per heavy atom. The Morgan fingerprint density at radius 1 is 1.05 bits per heavy atom. The molecule has 0 atom stereocenters. The van der Waals surface area contributed by atoms with E-state index in [0.29, 0.717) is 16.5 Å². The minimum absolute atomic E-state index is 0.0995. The largest absolute Gasteiger partial charge is 0.455 e. The Balaban J connectivity index is 2.45. The van der Waals surface area contributed by atoms with E-state index in [2.05, 4.69) is 26.3 Å². The van der Waals surface area contributed by atoms with Crippen LogP contribution in [0.5, 0.6) is 11.5 Å². The van der Waals surface area contributed by atoms with Crippen LogP contribution in [0.2, 0.25) is 5.02 Å². The molecule has 0 bridgehead atoms. The Labute approximate surface area is 130 Å². The zero-order chi connectivity index (χ0) is 15.6. The summed E-state index contributed by atoms with van der Waals surface area (Å²) in [5.74, 6) is 1.29. The van der Waals surface area contributed by atoms with Gasteiger partial charge in [0.05, 0.1) is 0 Å². The molecule has 0 saturated carbocycles. The minimum atomic E-state index is -0.0995. The van der Waals surface area contributed by atoms with E-state index in [4.69, 9.17) is 16.3 Å². The number of anilines is 1. The third kappa shape index (κ3) is 3.69. The molecule has 0 aliphatic heterocycles. The van der Waals surface area contributed by atoms with Gasteiger partial charge < -0.3 is 4.74 Å². The summed E-state index contributed by atoms with van der Waals surface area (Å²) in [4.78, 5) is 0. The Hall–Kier alpha value is -1.71. The highest BCUT2D eigenvalue weighted by molar-refractivity contribution is 6.30. The van der Waals surface area contributed by atoms with Crippen molar-refractivity contribution in [3.8, 4) is 11.5 Å². The van der Waals surface area contributed by atoms with E-state index in [1.54, 1.807) is 6.07 Å². The predicted molar refractivity (Wildman–Crippen MR) is 86.8 cm³/mol. The highest BCUT2D eigenvalue weighted by atomic mass is 35.5. The van der Waals surface area contributed by atoms with Gasteiger partial charge in [-0.2, -0.15) is 0 Å². The summed E-state index contributed by atoms with van der Waals surface area (Å²) in [6, 6.07) is 11.1. The van der Waals surface area contributed by atoms with Crippen LogP contribution < -0.4 is 10.2 Å². The van der Waals surface area contributed by atoms with Gasteiger partial charge in [-0.15, -0.1) is 0 Å². The van der Waals surface area contributed by atoms with E-state index in [-0.39, 0.29) is 5.41 Å². The summed E-state index contributed by atoms with van der Waals surface area (Å²) in [7, 11) is 0. The van der Waals surface area contributed by atoms with Gasteiger partial charge in [0.15, 0.2) is 5.75 Å². The molecule has 0 spiro atoms. The zero-order valence-corrected chi connectivity index (χ0v) is 13.5. The lowest BCUT2D eigenvalue weighted by Gasteiger charge is -2.23. The molecule has 0 radical (unpaired) electrons. The highest BCUT2D eigenvalue weighted by Gasteiger charge is 2.20. The SMILES string of the molecule is Cc1ccc(Oc2ccc(Cl)cc2C(C)(C)C)c(NO)c1. The molecule has 2 aromatic carbocycles. The topological polar surface area (TPSA) is 41.5 Å². The molecule has 4 heteroatoms. The minimum Gasteiger partial charge on any atom is -0.455 e. The lowest BCUT2D eigenvalue weighted by Crippen LogP contribution is -2.12. The molecule has 2 rings (SSSR count). The van der Waals surface area contributed by atoms with Crippen molar-refractivity contribution in [2.24, 2.45) is 0 Å². The van der Waals surface area contributed by atoms with Gasteiger partial charge >= 0.3 is 0 Å². The molecule has 3 nitrogen and oxygen atoms in total. The van der Waals surface area contributed by atoms with Gasteiger partial charge in [0.1, 0.15) is 11.4 Å². The van der Waals surface area contributed by atoms with Gasteiger partial charge in [0.25, 0.3) is 0 Å². The van der Waals surface area contributed by atoms with Crippen LogP contribution in [-0.4, -0.2) is 5.21 Å². The highest BCUT2D eigenvalue weighted by Crippen LogP contribution is 2.38. The van der Waals surface area contributed by atoms with Gasteiger partial charge in [-0.1, -0.05) is 38.4 Å². The van der Waals surface area contributed by atoms with Gasteiger partial charge in [-0.25, -0.2) is 0 Å². The number of ether oxygens (including phenoxy) is 1. The van der Waals surface area contributed by atoms with Crippen LogP contribution in [0, 0.1) is 6.92 Å². The lowest BCUT2D eigenvalue weighted by molar-refractivity contribution is 0.381. The smallest absolute Gasteiger partial charge is 0.152 e. The van der Waals surface area contributed by atoms with Crippen LogP contribution in [0.25, 0.3) is 0 Å². The predicted octanol–water partition coefficient (Wildman–Crippen LogP) is 5.54. The molecule has 21 heavy (non-hydrogen) atoms. The third-order valence-corrected chi connectivity index (χ3v) is 3.46. The van der Waals surface area contributed by atoms with Crippen molar-refractivity contribution in [3.63, 3.8) is 0 Å². The molecule has 0 heterocycles. The number of rotatable bonds is 3. The summed E-state index contributed by atoms with van der Waals surface area (Å²) >= 11 is 6.10. The van der Waals surface area contributed by atoms with Crippen molar-refractivity contribution >= 4 is 17.3 Å². The number of halogens is 1. The summed E-state index contributed by atoms with van der Waals surface area (Å²) in [6.07, 6.45) is 0. The maximum Gasteiger partial charge on any atom is 0.152 e. The molecule has 0 saturated heterocycles. The lowest BCUT2D eigenvalue weighted by atomic mass is 9.86. The van der Waals surface area contributed by atoms with E-state index in [1.165, 1.54) is 0 Å². The number of benzene rings is 2. The molecule has 0 unspecified atom stereocenters. The van der Waals surface area contributed by atoms with Gasteiger partial charge in [0, 0.05) is 10.6 Å². The molecule has 2 aromatic rings. The molecule has 2 N–H and O–H groups in total. The van der Waals surface area contributed by atoms with Crippen molar-refractivity contribution < 1.29 is 9.94 Å². The average molecular weight is 306 g/mol. The second kappa shape index (κ2) is 5.96. The Kier molecular flexibility index (Phi) is 4.45. The number of hydrogen-bond acceptors (Lipinski definition) is 3. The van der Waals surface area contributed by atoms with Gasteiger partial charge in [0.2, 0.25) is 0 Å². The number of nitrogens with one attached hydrogen (secondary N) is 1. The molecule has 0 aliphatic rings. The van der Waals surface area contributed by atoms with Crippen LogP contribution in [0.3, 0.4) is 0 Å². The van der Waals surface area contributed by atoms with Gasteiger partial charge in [-0.3, -0.25) is 10.7 Å². The number of aryl methyl sites for hydroxylation is 1. The van der Waals surface area contributed by atoms with Crippen LogP contribution in [0.1, 0.15) is 31.9 Å². The normalized spacial score (nSPS) is 11.3. The third-order valence-electron chi connectivity index (χ3n) is 3.23. The molecule has 0 aliphatic carbocycles. The summed E-state index contributed by atoms with van der Waals surface area (Å²) in [6.45, 7) is 8.26. The first-order chi connectivity index (χ1) is 9.81. The first-order valence-corrected chi connectivity index (χ1v) is 7.17. The fraction of sp³-hybridized carbons (Fsp3) is 0.294. The maximum atomic E-state index is 9.24.